The van der Waals surface area contributed by atoms with E-state index in [1.807, 2.05) is 12.1 Å². The van der Waals surface area contributed by atoms with Crippen LogP contribution in [-0.2, 0) is 11.2 Å². The summed E-state index contributed by atoms with van der Waals surface area (Å²) in [5.74, 6) is -1.01. The molecule has 0 aliphatic rings. The number of carbonyl (C=O) groups is 1. The van der Waals surface area contributed by atoms with E-state index in [2.05, 4.69) is 22.6 Å². The molecular weight excluding hydrogens is 316 g/mol. The van der Waals surface area contributed by atoms with Crippen molar-refractivity contribution in [3.63, 3.8) is 0 Å². The van der Waals surface area contributed by atoms with E-state index in [1.165, 1.54) is 0 Å². The lowest BCUT2D eigenvalue weighted by molar-refractivity contribution is -0.138. The molecule has 0 radical (unpaired) electrons. The quantitative estimate of drug-likeness (QED) is 0.834. The number of carboxylic acids is 1. The summed E-state index contributed by atoms with van der Waals surface area (Å²) in [7, 11) is 0. The van der Waals surface area contributed by atoms with Crippen molar-refractivity contribution in [3.05, 3.63) is 32.4 Å². The van der Waals surface area contributed by atoms with Gasteiger partial charge in [0.05, 0.1) is 5.02 Å². The lowest BCUT2D eigenvalue weighted by Crippen LogP contribution is -2.32. The molecule has 3 N–H and O–H groups in total. The maximum atomic E-state index is 10.5. The van der Waals surface area contributed by atoms with E-state index in [1.54, 1.807) is 6.07 Å². The molecule has 5 heteroatoms. The minimum atomic E-state index is -1.01. The summed E-state index contributed by atoms with van der Waals surface area (Å²) >= 11 is 8.08. The van der Waals surface area contributed by atoms with Gasteiger partial charge in [-0.2, -0.15) is 0 Å². The normalized spacial score (nSPS) is 12.5. The number of halogens is 2. The molecule has 0 fully saturated rings. The van der Waals surface area contributed by atoms with Gasteiger partial charge in [-0.25, -0.2) is 0 Å². The SMILES string of the molecule is N[C@@H](Cc1cccc(I)c1Cl)C(=O)O. The maximum absolute atomic E-state index is 10.5. The zero-order chi connectivity index (χ0) is 10.7. The van der Waals surface area contributed by atoms with Crippen LogP contribution in [0.3, 0.4) is 0 Å². The first-order valence-electron chi connectivity index (χ1n) is 3.93. The van der Waals surface area contributed by atoms with Crippen LogP contribution in [0.1, 0.15) is 5.56 Å². The van der Waals surface area contributed by atoms with E-state index in [0.29, 0.717) is 5.02 Å². The van der Waals surface area contributed by atoms with Crippen molar-refractivity contribution >= 4 is 40.2 Å². The molecular formula is C9H9ClINO2. The van der Waals surface area contributed by atoms with E-state index in [-0.39, 0.29) is 6.42 Å². The Hall–Kier alpha value is -0.330. The maximum Gasteiger partial charge on any atom is 0.320 e. The minimum absolute atomic E-state index is 0.255. The molecule has 0 saturated heterocycles. The Morgan fingerprint density at radius 2 is 2.29 bits per heavy atom. The number of nitrogens with two attached hydrogens (primary N) is 1. The first-order valence-corrected chi connectivity index (χ1v) is 5.39. The summed E-state index contributed by atoms with van der Waals surface area (Å²) in [6.45, 7) is 0. The van der Waals surface area contributed by atoms with Gasteiger partial charge in [-0.1, -0.05) is 23.7 Å². The van der Waals surface area contributed by atoms with Gasteiger partial charge in [0.25, 0.3) is 0 Å². The average molecular weight is 326 g/mol. The third-order valence-electron chi connectivity index (χ3n) is 1.79. The van der Waals surface area contributed by atoms with Gasteiger partial charge in [0.1, 0.15) is 6.04 Å². The Morgan fingerprint density at radius 1 is 1.64 bits per heavy atom. The Morgan fingerprint density at radius 3 is 2.86 bits per heavy atom. The van der Waals surface area contributed by atoms with E-state index in [9.17, 15) is 4.79 Å². The van der Waals surface area contributed by atoms with Crippen LogP contribution in [-0.4, -0.2) is 17.1 Å². The highest BCUT2D eigenvalue weighted by Crippen LogP contribution is 2.23. The van der Waals surface area contributed by atoms with E-state index >= 15 is 0 Å². The summed E-state index contributed by atoms with van der Waals surface area (Å²) < 4.78 is 0.902. The van der Waals surface area contributed by atoms with Crippen LogP contribution in [0.5, 0.6) is 0 Å². The largest absolute Gasteiger partial charge is 0.480 e. The molecule has 0 unspecified atom stereocenters. The Labute approximate surface area is 100 Å². The number of carboxylic acid groups (broad SMARTS) is 1. The second kappa shape index (κ2) is 4.95. The topological polar surface area (TPSA) is 63.3 Å². The smallest absolute Gasteiger partial charge is 0.320 e. The number of rotatable bonds is 3. The third kappa shape index (κ3) is 2.83. The molecule has 0 saturated carbocycles. The van der Waals surface area contributed by atoms with Crippen molar-refractivity contribution < 1.29 is 9.90 Å². The fraction of sp³-hybridized carbons (Fsp3) is 0.222. The lowest BCUT2D eigenvalue weighted by Gasteiger charge is -2.08. The highest BCUT2D eigenvalue weighted by atomic mass is 127. The molecule has 0 bridgehead atoms. The Bertz CT molecular complexity index is 357. The van der Waals surface area contributed by atoms with Crippen LogP contribution in [0.2, 0.25) is 5.02 Å². The van der Waals surface area contributed by atoms with Crippen LogP contribution < -0.4 is 5.73 Å². The van der Waals surface area contributed by atoms with Gasteiger partial charge in [0.15, 0.2) is 0 Å². The highest BCUT2D eigenvalue weighted by Gasteiger charge is 2.14. The molecule has 1 rings (SSSR count). The number of aliphatic carboxylic acids is 1. The first-order chi connectivity index (χ1) is 6.52. The van der Waals surface area contributed by atoms with Crippen molar-refractivity contribution in [3.8, 4) is 0 Å². The zero-order valence-corrected chi connectivity index (χ0v) is 10.1. The van der Waals surface area contributed by atoms with Crippen molar-refractivity contribution in [1.82, 2.24) is 0 Å². The van der Waals surface area contributed by atoms with Gasteiger partial charge in [0.2, 0.25) is 0 Å². The molecule has 0 aliphatic heterocycles. The summed E-state index contributed by atoms with van der Waals surface area (Å²) in [4.78, 5) is 10.5. The van der Waals surface area contributed by atoms with Gasteiger partial charge in [-0.3, -0.25) is 4.79 Å². The van der Waals surface area contributed by atoms with Gasteiger partial charge in [-0.15, -0.1) is 0 Å². The van der Waals surface area contributed by atoms with E-state index in [0.717, 1.165) is 9.13 Å². The molecule has 3 nitrogen and oxygen atoms in total. The van der Waals surface area contributed by atoms with E-state index < -0.39 is 12.0 Å². The molecule has 14 heavy (non-hydrogen) atoms. The van der Waals surface area contributed by atoms with Crippen LogP contribution in [0.25, 0.3) is 0 Å². The predicted molar refractivity (Wildman–Crippen MR) is 63.5 cm³/mol. The molecule has 0 aromatic heterocycles. The second-order valence-corrected chi connectivity index (χ2v) is 4.40. The predicted octanol–water partition coefficient (Wildman–Crippen LogP) is 1.90. The first kappa shape index (κ1) is 11.7. The minimum Gasteiger partial charge on any atom is -0.480 e. The highest BCUT2D eigenvalue weighted by molar-refractivity contribution is 14.1. The summed E-state index contributed by atoms with van der Waals surface area (Å²) in [5.41, 5.74) is 6.18. The zero-order valence-electron chi connectivity index (χ0n) is 7.21. The molecule has 1 aromatic carbocycles. The molecule has 0 amide bonds. The number of benzene rings is 1. The molecule has 1 aromatic rings. The molecule has 0 aliphatic carbocycles. The summed E-state index contributed by atoms with van der Waals surface area (Å²) in [5, 5.41) is 9.22. The summed E-state index contributed by atoms with van der Waals surface area (Å²) in [6, 6.07) is 4.58. The van der Waals surface area contributed by atoms with Gasteiger partial charge < -0.3 is 10.8 Å². The molecule has 0 heterocycles. The lowest BCUT2D eigenvalue weighted by atomic mass is 10.1. The average Bonchev–Trinajstić information content (AvgIpc) is 2.12. The van der Waals surface area contributed by atoms with Crippen molar-refractivity contribution in [2.75, 3.05) is 0 Å². The van der Waals surface area contributed by atoms with Crippen LogP contribution in [0.15, 0.2) is 18.2 Å². The molecule has 0 spiro atoms. The van der Waals surface area contributed by atoms with Crippen LogP contribution >= 0.6 is 34.2 Å². The van der Waals surface area contributed by atoms with Gasteiger partial charge in [0, 0.05) is 3.57 Å². The van der Waals surface area contributed by atoms with Crippen molar-refractivity contribution in [2.45, 2.75) is 12.5 Å². The van der Waals surface area contributed by atoms with Crippen LogP contribution in [0.4, 0.5) is 0 Å². The standard InChI is InChI=1S/C9H9ClINO2/c10-8-5(2-1-3-6(8)11)4-7(12)9(13)14/h1-3,7H,4,12H2,(H,13,14)/t7-/m0/s1. The number of hydrogen-bond acceptors (Lipinski definition) is 2. The number of hydrogen-bond donors (Lipinski definition) is 2. The van der Waals surface area contributed by atoms with Crippen molar-refractivity contribution in [1.29, 1.82) is 0 Å². The third-order valence-corrected chi connectivity index (χ3v) is 3.45. The molecule has 76 valence electrons. The van der Waals surface area contributed by atoms with Gasteiger partial charge in [-0.05, 0) is 40.6 Å². The van der Waals surface area contributed by atoms with Gasteiger partial charge >= 0.3 is 5.97 Å². The van der Waals surface area contributed by atoms with Crippen LogP contribution in [0, 0.1) is 3.57 Å². The second-order valence-electron chi connectivity index (χ2n) is 2.86. The fourth-order valence-electron chi connectivity index (χ4n) is 1.03. The Balaban J connectivity index is 2.87. The Kier molecular flexibility index (Phi) is 4.15. The monoisotopic (exact) mass is 325 g/mol. The molecule has 1 atom stereocenters. The van der Waals surface area contributed by atoms with Crippen molar-refractivity contribution in [2.24, 2.45) is 5.73 Å². The fourth-order valence-corrected chi connectivity index (χ4v) is 1.79. The summed E-state index contributed by atoms with van der Waals surface area (Å²) in [6.07, 6.45) is 0.255. The van der Waals surface area contributed by atoms with E-state index in [4.69, 9.17) is 22.4 Å².